The van der Waals surface area contributed by atoms with Crippen molar-refractivity contribution < 1.29 is 9.84 Å². The number of aliphatic hydroxyl groups is 1. The summed E-state index contributed by atoms with van der Waals surface area (Å²) in [5.41, 5.74) is 3.16. The van der Waals surface area contributed by atoms with Gasteiger partial charge in [0.25, 0.3) is 0 Å². The van der Waals surface area contributed by atoms with Crippen LogP contribution in [0.2, 0.25) is 0 Å². The van der Waals surface area contributed by atoms with Gasteiger partial charge in [0.05, 0.1) is 11.0 Å². The molecular formula is C18H20N2O2. The second-order valence-electron chi connectivity index (χ2n) is 5.30. The van der Waals surface area contributed by atoms with Gasteiger partial charge in [-0.05, 0) is 37.1 Å². The van der Waals surface area contributed by atoms with Gasteiger partial charge in [0.15, 0.2) is 0 Å². The molecule has 0 saturated heterocycles. The number of aliphatic hydroxyl groups excluding tert-OH is 1. The van der Waals surface area contributed by atoms with Crippen molar-refractivity contribution >= 4 is 11.0 Å². The van der Waals surface area contributed by atoms with E-state index in [2.05, 4.69) is 15.6 Å². The number of ether oxygens (including phenoxy) is 1. The Labute approximate surface area is 130 Å². The molecule has 0 fully saturated rings. The number of hydrogen-bond acceptors (Lipinski definition) is 3. The maximum atomic E-state index is 9.11. The number of para-hydroxylation sites is 3. The Morgan fingerprint density at radius 2 is 1.86 bits per heavy atom. The molecule has 0 bridgehead atoms. The van der Waals surface area contributed by atoms with E-state index in [4.69, 9.17) is 9.84 Å². The third-order valence-electron chi connectivity index (χ3n) is 3.72. The van der Waals surface area contributed by atoms with Crippen LogP contribution in [0.3, 0.4) is 0 Å². The summed E-state index contributed by atoms with van der Waals surface area (Å²) < 4.78 is 8.06. The van der Waals surface area contributed by atoms with E-state index in [1.165, 1.54) is 0 Å². The molecule has 0 aliphatic rings. The van der Waals surface area contributed by atoms with Gasteiger partial charge in [-0.1, -0.05) is 30.3 Å². The van der Waals surface area contributed by atoms with Gasteiger partial charge in [0.1, 0.15) is 18.2 Å². The first-order valence-corrected chi connectivity index (χ1v) is 7.53. The minimum atomic E-state index is 0.171. The van der Waals surface area contributed by atoms with Gasteiger partial charge in [0, 0.05) is 13.2 Å². The maximum Gasteiger partial charge on any atom is 0.147 e. The number of nitrogens with zero attached hydrogens (tertiary/aromatic N) is 2. The summed E-state index contributed by atoms with van der Waals surface area (Å²) in [4.78, 5) is 4.67. The summed E-state index contributed by atoms with van der Waals surface area (Å²) in [7, 11) is 0. The van der Waals surface area contributed by atoms with E-state index >= 15 is 0 Å². The van der Waals surface area contributed by atoms with Crippen molar-refractivity contribution in [3.05, 3.63) is 59.9 Å². The molecule has 0 saturated carbocycles. The van der Waals surface area contributed by atoms with Gasteiger partial charge in [-0.3, -0.25) is 0 Å². The molecule has 22 heavy (non-hydrogen) atoms. The van der Waals surface area contributed by atoms with E-state index in [0.717, 1.165) is 34.7 Å². The van der Waals surface area contributed by atoms with E-state index in [1.54, 1.807) is 0 Å². The van der Waals surface area contributed by atoms with Gasteiger partial charge in [0.2, 0.25) is 0 Å². The molecule has 3 aromatic rings. The Morgan fingerprint density at radius 3 is 2.68 bits per heavy atom. The van der Waals surface area contributed by atoms with Gasteiger partial charge in [-0.15, -0.1) is 0 Å². The van der Waals surface area contributed by atoms with Crippen LogP contribution in [0.1, 0.15) is 17.8 Å². The first kappa shape index (κ1) is 14.6. The standard InChI is InChI=1S/C18H20N2O2/c1-14-7-2-5-10-17(14)22-13-18-19-15-8-3-4-9-16(15)20(18)11-6-12-21/h2-5,7-10,21H,6,11-13H2,1H3. The number of rotatable bonds is 6. The van der Waals surface area contributed by atoms with Crippen molar-refractivity contribution in [2.45, 2.75) is 26.5 Å². The average Bonchev–Trinajstić information content (AvgIpc) is 2.90. The Hall–Kier alpha value is -2.33. The molecule has 3 rings (SSSR count). The lowest BCUT2D eigenvalue weighted by molar-refractivity contribution is 0.269. The van der Waals surface area contributed by atoms with Gasteiger partial charge in [-0.25, -0.2) is 4.98 Å². The molecule has 1 N–H and O–H groups in total. The molecule has 1 aromatic heterocycles. The lowest BCUT2D eigenvalue weighted by Crippen LogP contribution is -2.08. The molecule has 0 atom stereocenters. The largest absolute Gasteiger partial charge is 0.485 e. The number of imidazole rings is 1. The molecule has 4 nitrogen and oxygen atoms in total. The monoisotopic (exact) mass is 296 g/mol. The van der Waals surface area contributed by atoms with E-state index in [-0.39, 0.29) is 6.61 Å². The fourth-order valence-corrected chi connectivity index (χ4v) is 2.57. The SMILES string of the molecule is Cc1ccccc1OCc1nc2ccccc2n1CCCO. The van der Waals surface area contributed by atoms with Crippen LogP contribution in [0.25, 0.3) is 11.0 Å². The Bertz CT molecular complexity index is 765. The predicted octanol–water partition coefficient (Wildman–Crippen LogP) is 3.31. The normalized spacial score (nSPS) is 11.0. The zero-order valence-electron chi connectivity index (χ0n) is 12.7. The van der Waals surface area contributed by atoms with Crippen molar-refractivity contribution in [3.63, 3.8) is 0 Å². The molecule has 4 heteroatoms. The topological polar surface area (TPSA) is 47.3 Å². The van der Waals surface area contributed by atoms with Crippen LogP contribution in [0.15, 0.2) is 48.5 Å². The summed E-state index contributed by atoms with van der Waals surface area (Å²) >= 11 is 0. The van der Waals surface area contributed by atoms with Gasteiger partial charge >= 0.3 is 0 Å². The second kappa shape index (κ2) is 6.62. The summed E-state index contributed by atoms with van der Waals surface area (Å²) in [5, 5.41) is 9.11. The molecule has 2 aromatic carbocycles. The highest BCUT2D eigenvalue weighted by Gasteiger charge is 2.11. The van der Waals surface area contributed by atoms with E-state index < -0.39 is 0 Å². The number of aryl methyl sites for hydroxylation is 2. The molecule has 0 radical (unpaired) electrons. The van der Waals surface area contributed by atoms with Crippen LogP contribution in [0.4, 0.5) is 0 Å². The molecule has 0 spiro atoms. The van der Waals surface area contributed by atoms with Crippen LogP contribution in [-0.4, -0.2) is 21.3 Å². The zero-order chi connectivity index (χ0) is 15.4. The Balaban J connectivity index is 1.87. The van der Waals surface area contributed by atoms with Crippen molar-refractivity contribution in [2.24, 2.45) is 0 Å². The lowest BCUT2D eigenvalue weighted by Gasteiger charge is -2.11. The van der Waals surface area contributed by atoms with Crippen LogP contribution in [0, 0.1) is 6.92 Å². The van der Waals surface area contributed by atoms with Crippen molar-refractivity contribution in [3.8, 4) is 5.75 Å². The quantitative estimate of drug-likeness (QED) is 0.759. The minimum Gasteiger partial charge on any atom is -0.485 e. The van der Waals surface area contributed by atoms with Gasteiger partial charge < -0.3 is 14.4 Å². The Morgan fingerprint density at radius 1 is 1.09 bits per heavy atom. The average molecular weight is 296 g/mol. The highest BCUT2D eigenvalue weighted by atomic mass is 16.5. The van der Waals surface area contributed by atoms with Gasteiger partial charge in [-0.2, -0.15) is 0 Å². The van der Waals surface area contributed by atoms with Crippen molar-refractivity contribution in [1.82, 2.24) is 9.55 Å². The van der Waals surface area contributed by atoms with Crippen molar-refractivity contribution in [2.75, 3.05) is 6.61 Å². The number of aromatic nitrogens is 2. The smallest absolute Gasteiger partial charge is 0.147 e. The number of hydrogen-bond donors (Lipinski definition) is 1. The maximum absolute atomic E-state index is 9.11. The summed E-state index contributed by atoms with van der Waals surface area (Å²) in [6, 6.07) is 16.0. The number of benzene rings is 2. The van der Waals surface area contributed by atoms with Crippen LogP contribution < -0.4 is 4.74 Å². The molecular weight excluding hydrogens is 276 g/mol. The second-order valence-corrected chi connectivity index (χ2v) is 5.30. The number of fused-ring (bicyclic) bond motifs is 1. The fraction of sp³-hybridized carbons (Fsp3) is 0.278. The highest BCUT2D eigenvalue weighted by Crippen LogP contribution is 2.20. The summed E-state index contributed by atoms with van der Waals surface area (Å²) in [6.07, 6.45) is 0.706. The molecule has 114 valence electrons. The predicted molar refractivity (Wildman–Crippen MR) is 86.9 cm³/mol. The third-order valence-corrected chi connectivity index (χ3v) is 3.72. The molecule has 0 aliphatic heterocycles. The third kappa shape index (κ3) is 2.97. The van der Waals surface area contributed by atoms with Crippen LogP contribution >= 0.6 is 0 Å². The Kier molecular flexibility index (Phi) is 4.39. The van der Waals surface area contributed by atoms with Crippen LogP contribution in [-0.2, 0) is 13.2 Å². The van der Waals surface area contributed by atoms with E-state index in [9.17, 15) is 0 Å². The molecule has 0 unspecified atom stereocenters. The highest BCUT2D eigenvalue weighted by molar-refractivity contribution is 5.75. The fourth-order valence-electron chi connectivity index (χ4n) is 2.57. The first-order chi connectivity index (χ1) is 10.8. The summed E-state index contributed by atoms with van der Waals surface area (Å²) in [6.45, 7) is 3.36. The lowest BCUT2D eigenvalue weighted by atomic mass is 10.2. The van der Waals surface area contributed by atoms with Crippen molar-refractivity contribution in [1.29, 1.82) is 0 Å². The van der Waals surface area contributed by atoms with E-state index in [1.807, 2.05) is 49.4 Å². The first-order valence-electron chi connectivity index (χ1n) is 7.53. The zero-order valence-corrected chi connectivity index (χ0v) is 12.7. The minimum absolute atomic E-state index is 0.171. The molecule has 0 aliphatic carbocycles. The van der Waals surface area contributed by atoms with E-state index in [0.29, 0.717) is 13.0 Å². The summed E-state index contributed by atoms with van der Waals surface area (Å²) in [5.74, 6) is 1.76. The van der Waals surface area contributed by atoms with Crippen LogP contribution in [0.5, 0.6) is 5.75 Å². The molecule has 1 heterocycles. The molecule has 0 amide bonds.